The highest BCUT2D eigenvalue weighted by atomic mass is 16.2. The minimum Gasteiger partial charge on any atom is -0.316 e. The summed E-state index contributed by atoms with van der Waals surface area (Å²) in [6, 6.07) is 1.06. The molecule has 1 saturated heterocycles. The molecule has 3 aliphatic rings. The monoisotopic (exact) mass is 291 g/mol. The van der Waals surface area contributed by atoms with Crippen molar-refractivity contribution >= 4 is 5.91 Å². The van der Waals surface area contributed by atoms with E-state index in [0.29, 0.717) is 24.5 Å². The summed E-state index contributed by atoms with van der Waals surface area (Å²) in [5.74, 6) is 0.336. The molecule has 1 amide bonds. The van der Waals surface area contributed by atoms with Gasteiger partial charge in [-0.15, -0.1) is 0 Å². The number of amides is 1. The summed E-state index contributed by atoms with van der Waals surface area (Å²) in [5.41, 5.74) is 1.32. The molecule has 0 bridgehead atoms. The van der Waals surface area contributed by atoms with Crippen LogP contribution in [0.1, 0.15) is 51.4 Å². The molecule has 1 atom stereocenters. The van der Waals surface area contributed by atoms with Crippen molar-refractivity contribution in [3.8, 4) is 0 Å². The molecule has 2 fully saturated rings. The molecule has 0 spiro atoms. The van der Waals surface area contributed by atoms with Crippen LogP contribution in [-0.4, -0.2) is 54.5 Å². The second-order valence-corrected chi connectivity index (χ2v) is 6.80. The fourth-order valence-electron chi connectivity index (χ4n) is 3.67. The molecule has 0 radical (unpaired) electrons. The second kappa shape index (κ2) is 6.93. The SMILES string of the molecule is CNC1CCCN(CC(=O)N(C2=CCCCC2)C2CC2)C1. The third-order valence-electron chi connectivity index (χ3n) is 5.03. The maximum absolute atomic E-state index is 12.8. The van der Waals surface area contributed by atoms with Crippen LogP contribution < -0.4 is 5.32 Å². The van der Waals surface area contributed by atoms with Gasteiger partial charge in [-0.25, -0.2) is 0 Å². The number of carbonyl (C=O) groups is 1. The highest BCUT2D eigenvalue weighted by Crippen LogP contribution is 2.33. The number of likely N-dealkylation sites (N-methyl/N-ethyl adjacent to an activating group) is 1. The van der Waals surface area contributed by atoms with E-state index in [9.17, 15) is 4.79 Å². The predicted molar refractivity (Wildman–Crippen MR) is 84.9 cm³/mol. The van der Waals surface area contributed by atoms with E-state index in [-0.39, 0.29) is 0 Å². The van der Waals surface area contributed by atoms with E-state index >= 15 is 0 Å². The summed E-state index contributed by atoms with van der Waals surface area (Å²) < 4.78 is 0. The molecular formula is C17H29N3O. The van der Waals surface area contributed by atoms with Crippen molar-refractivity contribution in [1.82, 2.24) is 15.1 Å². The van der Waals surface area contributed by atoms with Crippen LogP contribution in [-0.2, 0) is 4.79 Å². The van der Waals surface area contributed by atoms with Crippen LogP contribution in [0.3, 0.4) is 0 Å². The first-order valence-corrected chi connectivity index (χ1v) is 8.68. The molecule has 21 heavy (non-hydrogen) atoms. The van der Waals surface area contributed by atoms with Gasteiger partial charge in [-0.1, -0.05) is 6.08 Å². The molecule has 1 aliphatic heterocycles. The zero-order valence-corrected chi connectivity index (χ0v) is 13.3. The summed E-state index contributed by atoms with van der Waals surface area (Å²) in [4.78, 5) is 17.3. The van der Waals surface area contributed by atoms with Gasteiger partial charge in [0.1, 0.15) is 0 Å². The van der Waals surface area contributed by atoms with Crippen LogP contribution >= 0.6 is 0 Å². The van der Waals surface area contributed by atoms with E-state index < -0.39 is 0 Å². The average Bonchev–Trinajstić information content (AvgIpc) is 3.33. The number of hydrogen-bond donors (Lipinski definition) is 1. The maximum Gasteiger partial charge on any atom is 0.241 e. The lowest BCUT2D eigenvalue weighted by Crippen LogP contribution is -2.49. The minimum atomic E-state index is 0.336. The topological polar surface area (TPSA) is 35.6 Å². The summed E-state index contributed by atoms with van der Waals surface area (Å²) in [5, 5.41) is 3.36. The molecule has 1 unspecified atom stereocenters. The van der Waals surface area contributed by atoms with E-state index in [1.165, 1.54) is 44.2 Å². The van der Waals surface area contributed by atoms with Crippen LogP contribution in [0.25, 0.3) is 0 Å². The third kappa shape index (κ3) is 3.86. The summed E-state index contributed by atoms with van der Waals surface area (Å²) in [6.45, 7) is 2.69. The summed E-state index contributed by atoms with van der Waals surface area (Å²) in [6.07, 6.45) is 11.9. The van der Waals surface area contributed by atoms with Crippen LogP contribution in [0, 0.1) is 0 Å². The molecule has 118 valence electrons. The number of nitrogens with zero attached hydrogens (tertiary/aromatic N) is 2. The Hall–Kier alpha value is -0.870. The Morgan fingerprint density at radius 3 is 2.86 bits per heavy atom. The van der Waals surface area contributed by atoms with Crippen molar-refractivity contribution in [2.24, 2.45) is 0 Å². The molecule has 2 aliphatic carbocycles. The number of piperidine rings is 1. The lowest BCUT2D eigenvalue weighted by atomic mass is 10.0. The zero-order valence-electron chi connectivity index (χ0n) is 13.3. The number of likely N-dealkylation sites (tertiary alicyclic amines) is 1. The van der Waals surface area contributed by atoms with Crippen LogP contribution in [0.5, 0.6) is 0 Å². The highest BCUT2D eigenvalue weighted by molar-refractivity contribution is 5.80. The number of carbonyl (C=O) groups excluding carboxylic acids is 1. The van der Waals surface area contributed by atoms with Gasteiger partial charge in [-0.2, -0.15) is 0 Å². The van der Waals surface area contributed by atoms with E-state index in [1.807, 2.05) is 7.05 Å². The molecule has 0 aromatic heterocycles. The number of allylic oxidation sites excluding steroid dienone is 2. The lowest BCUT2D eigenvalue weighted by Gasteiger charge is -2.34. The quantitative estimate of drug-likeness (QED) is 0.843. The van der Waals surface area contributed by atoms with Crippen molar-refractivity contribution in [3.05, 3.63) is 11.8 Å². The largest absolute Gasteiger partial charge is 0.316 e. The van der Waals surface area contributed by atoms with Crippen molar-refractivity contribution in [2.45, 2.75) is 63.5 Å². The highest BCUT2D eigenvalue weighted by Gasteiger charge is 2.35. The Balaban J connectivity index is 1.60. The standard InChI is InChI=1S/C17H29N3O/c1-18-14-6-5-11-19(12-14)13-17(21)20(16-9-10-16)15-7-3-2-4-8-15/h7,14,16,18H,2-6,8-13H2,1H3. The number of hydrogen-bond acceptors (Lipinski definition) is 3. The fraction of sp³-hybridized carbons (Fsp3) is 0.824. The Kier molecular flexibility index (Phi) is 4.96. The number of rotatable bonds is 5. The van der Waals surface area contributed by atoms with Gasteiger partial charge in [-0.05, 0) is 65.0 Å². The van der Waals surface area contributed by atoms with Crippen molar-refractivity contribution in [2.75, 3.05) is 26.7 Å². The Morgan fingerprint density at radius 2 is 2.19 bits per heavy atom. The van der Waals surface area contributed by atoms with Crippen LogP contribution in [0.15, 0.2) is 11.8 Å². The van der Waals surface area contributed by atoms with Gasteiger partial charge in [0.05, 0.1) is 6.54 Å². The molecule has 1 saturated carbocycles. The molecule has 1 heterocycles. The van der Waals surface area contributed by atoms with E-state index in [1.54, 1.807) is 0 Å². The van der Waals surface area contributed by atoms with Gasteiger partial charge in [0.25, 0.3) is 0 Å². The van der Waals surface area contributed by atoms with Crippen LogP contribution in [0.4, 0.5) is 0 Å². The first-order valence-electron chi connectivity index (χ1n) is 8.68. The maximum atomic E-state index is 12.8. The Bertz CT molecular complexity index is 403. The minimum absolute atomic E-state index is 0.336. The van der Waals surface area contributed by atoms with Gasteiger partial charge < -0.3 is 10.2 Å². The average molecular weight is 291 g/mol. The molecule has 0 aromatic carbocycles. The van der Waals surface area contributed by atoms with Crippen molar-refractivity contribution in [3.63, 3.8) is 0 Å². The molecule has 0 aromatic rings. The predicted octanol–water partition coefficient (Wildman–Crippen LogP) is 2.12. The molecule has 4 heteroatoms. The smallest absolute Gasteiger partial charge is 0.241 e. The van der Waals surface area contributed by atoms with Gasteiger partial charge in [-0.3, -0.25) is 9.69 Å². The number of nitrogens with one attached hydrogen (secondary N) is 1. The van der Waals surface area contributed by atoms with Gasteiger partial charge >= 0.3 is 0 Å². The van der Waals surface area contributed by atoms with E-state index in [4.69, 9.17) is 0 Å². The van der Waals surface area contributed by atoms with E-state index in [2.05, 4.69) is 21.2 Å². The van der Waals surface area contributed by atoms with Crippen LogP contribution in [0.2, 0.25) is 0 Å². The van der Waals surface area contributed by atoms with Gasteiger partial charge in [0.15, 0.2) is 0 Å². The molecule has 3 rings (SSSR count). The van der Waals surface area contributed by atoms with Crippen molar-refractivity contribution < 1.29 is 4.79 Å². The fourth-order valence-corrected chi connectivity index (χ4v) is 3.67. The van der Waals surface area contributed by atoms with Crippen molar-refractivity contribution in [1.29, 1.82) is 0 Å². The summed E-state index contributed by atoms with van der Waals surface area (Å²) >= 11 is 0. The second-order valence-electron chi connectivity index (χ2n) is 6.80. The van der Waals surface area contributed by atoms with Gasteiger partial charge in [0.2, 0.25) is 5.91 Å². The van der Waals surface area contributed by atoms with E-state index in [0.717, 1.165) is 25.9 Å². The molecule has 1 N–H and O–H groups in total. The van der Waals surface area contributed by atoms with Gasteiger partial charge in [0, 0.05) is 24.3 Å². The normalized spacial score (nSPS) is 27.3. The molecule has 4 nitrogen and oxygen atoms in total. The third-order valence-corrected chi connectivity index (χ3v) is 5.03. The Morgan fingerprint density at radius 1 is 1.33 bits per heavy atom. The first kappa shape index (κ1) is 15.0. The molecular weight excluding hydrogens is 262 g/mol. The zero-order chi connectivity index (χ0) is 14.7. The summed E-state index contributed by atoms with van der Waals surface area (Å²) in [7, 11) is 2.03. The first-order chi connectivity index (χ1) is 10.3. The lowest BCUT2D eigenvalue weighted by molar-refractivity contribution is -0.131. The Labute approximate surface area is 128 Å².